The lowest BCUT2D eigenvalue weighted by Crippen LogP contribution is -2.61. The third-order valence-electron chi connectivity index (χ3n) is 7.39. The summed E-state index contributed by atoms with van der Waals surface area (Å²) in [7, 11) is 1.69. The molecule has 0 aliphatic carbocycles. The smallest absolute Gasteiger partial charge is 0.311 e. The first-order chi connectivity index (χ1) is 16.3. The van der Waals surface area contributed by atoms with Gasteiger partial charge in [-0.3, -0.25) is 33.8 Å². The van der Waals surface area contributed by atoms with Crippen LogP contribution in [-0.4, -0.2) is 82.0 Å². The number of imidazole rings is 1. The summed E-state index contributed by atoms with van der Waals surface area (Å²) in [5.74, 6) is -3.50. The van der Waals surface area contributed by atoms with Gasteiger partial charge < -0.3 is 5.32 Å². The predicted octanol–water partition coefficient (Wildman–Crippen LogP) is 0.433. The van der Waals surface area contributed by atoms with Crippen LogP contribution < -0.4 is 16.3 Å². The summed E-state index contributed by atoms with van der Waals surface area (Å²) in [5.41, 5.74) is 2.07. The zero-order chi connectivity index (χ0) is 24.0. The van der Waals surface area contributed by atoms with E-state index in [1.807, 2.05) is 23.1 Å². The van der Waals surface area contributed by atoms with Crippen LogP contribution in [0.4, 0.5) is 8.78 Å². The van der Waals surface area contributed by atoms with Gasteiger partial charge in [0.2, 0.25) is 11.8 Å². The van der Waals surface area contributed by atoms with E-state index in [0.717, 1.165) is 11.1 Å². The van der Waals surface area contributed by atoms with Crippen molar-refractivity contribution in [1.82, 2.24) is 29.6 Å². The monoisotopic (exact) mass is 476 g/mol. The van der Waals surface area contributed by atoms with Crippen molar-refractivity contribution in [3.63, 3.8) is 0 Å². The number of aryl methyl sites for hydroxylation is 1. The number of hydrogen-bond donors (Lipinski definition) is 2. The molecule has 3 aliphatic heterocycles. The van der Waals surface area contributed by atoms with Gasteiger partial charge in [0.15, 0.2) is 0 Å². The Morgan fingerprint density at radius 3 is 2.56 bits per heavy atom. The zero-order valence-corrected chi connectivity index (χ0v) is 19.2. The molecule has 34 heavy (non-hydrogen) atoms. The Morgan fingerprint density at radius 1 is 1.09 bits per heavy atom. The van der Waals surface area contributed by atoms with Gasteiger partial charge in [-0.2, -0.15) is 0 Å². The molecule has 0 radical (unpaired) electrons. The number of fused-ring (bicyclic) bond motifs is 1. The second kappa shape index (κ2) is 8.86. The van der Waals surface area contributed by atoms with Gasteiger partial charge in [-0.25, -0.2) is 13.6 Å². The van der Waals surface area contributed by atoms with Crippen molar-refractivity contribution in [3.05, 3.63) is 34.2 Å². The van der Waals surface area contributed by atoms with E-state index in [4.69, 9.17) is 0 Å². The minimum Gasteiger partial charge on any atom is -0.311 e. The Labute approximate surface area is 195 Å². The van der Waals surface area contributed by atoms with E-state index in [2.05, 4.69) is 15.5 Å². The van der Waals surface area contributed by atoms with Gasteiger partial charge in [0.1, 0.15) is 6.04 Å². The van der Waals surface area contributed by atoms with E-state index in [-0.39, 0.29) is 31.0 Å². The molecule has 2 atom stereocenters. The first-order valence-electron chi connectivity index (χ1n) is 11.8. The molecule has 2 unspecified atom stereocenters. The van der Waals surface area contributed by atoms with Gasteiger partial charge in [0.05, 0.1) is 23.6 Å². The molecule has 184 valence electrons. The summed E-state index contributed by atoms with van der Waals surface area (Å²) < 4.78 is 31.8. The van der Waals surface area contributed by atoms with E-state index in [1.54, 1.807) is 11.6 Å². The highest BCUT2D eigenvalue weighted by Crippen LogP contribution is 2.29. The number of imide groups is 1. The molecule has 0 spiro atoms. The van der Waals surface area contributed by atoms with Crippen molar-refractivity contribution >= 4 is 22.8 Å². The van der Waals surface area contributed by atoms with E-state index >= 15 is 0 Å². The maximum Gasteiger partial charge on any atom is 0.329 e. The summed E-state index contributed by atoms with van der Waals surface area (Å²) in [6.07, 6.45) is 0.929. The quantitative estimate of drug-likeness (QED) is 0.623. The first kappa shape index (κ1) is 23.1. The van der Waals surface area contributed by atoms with Crippen LogP contribution in [0.15, 0.2) is 23.0 Å². The Hall–Kier alpha value is -2.63. The number of nitrogens with one attached hydrogen (secondary N) is 2. The number of halogens is 2. The number of hydrogen-bond acceptors (Lipinski definition) is 6. The predicted molar refractivity (Wildman–Crippen MR) is 122 cm³/mol. The molecule has 0 saturated carbocycles. The van der Waals surface area contributed by atoms with Crippen molar-refractivity contribution in [2.24, 2.45) is 7.05 Å². The minimum atomic E-state index is -2.72. The number of alkyl halides is 2. The number of carbonyl (C=O) groups is 2. The summed E-state index contributed by atoms with van der Waals surface area (Å²) in [5, 5.41) is 5.11. The van der Waals surface area contributed by atoms with Crippen molar-refractivity contribution in [2.45, 2.75) is 43.8 Å². The SMILES string of the molecule is Cn1c(=O)n(C2CCC(=O)NC2=O)c2cccc(CN3CCN(C4CCNCC4(F)F)CC3)c21. The maximum atomic E-state index is 14.4. The lowest BCUT2D eigenvalue weighted by atomic mass is 9.99. The molecule has 9 nitrogen and oxygen atoms in total. The second-order valence-corrected chi connectivity index (χ2v) is 9.52. The average Bonchev–Trinajstić information content (AvgIpc) is 3.05. The molecular formula is C23H30F2N6O3. The highest BCUT2D eigenvalue weighted by atomic mass is 19.3. The zero-order valence-electron chi connectivity index (χ0n) is 19.2. The van der Waals surface area contributed by atoms with E-state index in [1.165, 1.54) is 4.57 Å². The Balaban J connectivity index is 1.35. The molecule has 3 saturated heterocycles. The molecular weight excluding hydrogens is 446 g/mol. The van der Waals surface area contributed by atoms with Crippen LogP contribution in [0.3, 0.4) is 0 Å². The molecule has 2 N–H and O–H groups in total. The topological polar surface area (TPSA) is 91.6 Å². The Bertz CT molecular complexity index is 1170. The number of benzene rings is 1. The van der Waals surface area contributed by atoms with Crippen molar-refractivity contribution in [2.75, 3.05) is 39.3 Å². The molecule has 3 fully saturated rings. The molecule has 11 heteroatoms. The standard InChI is InChI=1S/C23H30F2N6O3/c1-28-20-15(13-29-9-11-30(12-10-29)18-7-8-26-14-23(18,24)25)3-2-4-16(20)31(22(28)34)17-5-6-19(32)27-21(17)33/h2-4,17-18,26H,5-14H2,1H3,(H,27,32,33). The van der Waals surface area contributed by atoms with Crippen molar-refractivity contribution in [1.29, 1.82) is 0 Å². The van der Waals surface area contributed by atoms with Crippen LogP contribution in [0.25, 0.3) is 11.0 Å². The van der Waals surface area contributed by atoms with Gasteiger partial charge in [0, 0.05) is 46.2 Å². The van der Waals surface area contributed by atoms with Gasteiger partial charge >= 0.3 is 5.69 Å². The molecule has 1 aromatic heterocycles. The molecule has 2 amide bonds. The normalized spacial score (nSPS) is 26.7. The third-order valence-corrected chi connectivity index (χ3v) is 7.39. The number of para-hydroxylation sites is 1. The number of aromatic nitrogens is 2. The fourth-order valence-electron chi connectivity index (χ4n) is 5.62. The van der Waals surface area contributed by atoms with E-state index < -0.39 is 23.9 Å². The molecule has 0 bridgehead atoms. The fraction of sp³-hybridized carbons (Fsp3) is 0.609. The van der Waals surface area contributed by atoms with Crippen LogP contribution in [0, 0.1) is 0 Å². The van der Waals surface area contributed by atoms with Crippen LogP contribution in [-0.2, 0) is 23.2 Å². The molecule has 4 heterocycles. The summed E-state index contributed by atoms with van der Waals surface area (Å²) in [6, 6.07) is 4.21. The number of piperidine rings is 2. The number of amides is 2. The lowest BCUT2D eigenvalue weighted by Gasteiger charge is -2.44. The highest BCUT2D eigenvalue weighted by Gasteiger charge is 2.45. The minimum absolute atomic E-state index is 0.194. The van der Waals surface area contributed by atoms with Gasteiger partial charge in [-0.05, 0) is 31.0 Å². The largest absolute Gasteiger partial charge is 0.329 e. The number of carbonyl (C=O) groups excluding carboxylic acids is 2. The van der Waals surface area contributed by atoms with Gasteiger partial charge in [-0.1, -0.05) is 12.1 Å². The van der Waals surface area contributed by atoms with E-state index in [9.17, 15) is 23.2 Å². The van der Waals surface area contributed by atoms with Crippen LogP contribution in [0.5, 0.6) is 0 Å². The van der Waals surface area contributed by atoms with Crippen molar-refractivity contribution in [3.8, 4) is 0 Å². The van der Waals surface area contributed by atoms with Crippen molar-refractivity contribution < 1.29 is 18.4 Å². The van der Waals surface area contributed by atoms with Crippen LogP contribution in [0.2, 0.25) is 0 Å². The highest BCUT2D eigenvalue weighted by molar-refractivity contribution is 6.00. The van der Waals surface area contributed by atoms with Crippen LogP contribution >= 0.6 is 0 Å². The second-order valence-electron chi connectivity index (χ2n) is 9.52. The van der Waals surface area contributed by atoms with Gasteiger partial charge in [-0.15, -0.1) is 0 Å². The Morgan fingerprint density at radius 2 is 1.85 bits per heavy atom. The summed E-state index contributed by atoms with van der Waals surface area (Å²) in [6.45, 7) is 3.41. The lowest BCUT2D eigenvalue weighted by molar-refractivity contribution is -0.135. The first-order valence-corrected chi connectivity index (χ1v) is 11.8. The molecule has 2 aromatic rings. The summed E-state index contributed by atoms with van der Waals surface area (Å²) >= 11 is 0. The number of rotatable bonds is 4. The molecule has 5 rings (SSSR count). The van der Waals surface area contributed by atoms with Gasteiger partial charge in [0.25, 0.3) is 5.92 Å². The molecule has 3 aliphatic rings. The third kappa shape index (κ3) is 4.05. The Kier molecular flexibility index (Phi) is 6.03. The number of piperazine rings is 1. The van der Waals surface area contributed by atoms with Crippen LogP contribution in [0.1, 0.15) is 30.9 Å². The fourth-order valence-corrected chi connectivity index (χ4v) is 5.62. The summed E-state index contributed by atoms with van der Waals surface area (Å²) in [4.78, 5) is 41.2. The average molecular weight is 477 g/mol. The maximum absolute atomic E-state index is 14.4. The molecule has 1 aromatic carbocycles. The number of nitrogens with zero attached hydrogens (tertiary/aromatic N) is 4. The van der Waals surface area contributed by atoms with E-state index in [0.29, 0.717) is 51.2 Å².